The first kappa shape index (κ1) is 32.8. The number of anilines is 1. The topological polar surface area (TPSA) is 126 Å². The molecular weight excluding hydrogens is 616 g/mol. The highest BCUT2D eigenvalue weighted by atomic mass is 32.2. The molecule has 1 amide bonds. The zero-order valence-corrected chi connectivity index (χ0v) is 23.2. The van der Waals surface area contributed by atoms with Gasteiger partial charge in [-0.2, -0.15) is 30.6 Å². The van der Waals surface area contributed by atoms with E-state index < -0.39 is 50.8 Å². The predicted molar refractivity (Wildman–Crippen MR) is 139 cm³/mol. The van der Waals surface area contributed by atoms with E-state index in [1.54, 1.807) is 24.6 Å². The molecule has 0 bridgehead atoms. The molecule has 1 aliphatic rings. The van der Waals surface area contributed by atoms with Crippen molar-refractivity contribution in [3.8, 4) is 17.0 Å². The molecule has 0 saturated carbocycles. The summed E-state index contributed by atoms with van der Waals surface area (Å²) in [5, 5.41) is 11.8. The number of nitrogens with one attached hydrogen (secondary N) is 1. The summed E-state index contributed by atoms with van der Waals surface area (Å²) in [6, 6.07) is 10.0. The third kappa shape index (κ3) is 7.98. The van der Waals surface area contributed by atoms with Gasteiger partial charge >= 0.3 is 18.3 Å². The second-order valence-electron chi connectivity index (χ2n) is 8.68. The molecule has 17 heteroatoms. The number of piperidine rings is 1. The largest absolute Gasteiger partial charge is 0.497 e. The zero-order chi connectivity index (χ0) is 31.3. The Bertz CT molecular complexity index is 1510. The Morgan fingerprint density at radius 1 is 1.05 bits per heavy atom. The van der Waals surface area contributed by atoms with Crippen molar-refractivity contribution in [1.29, 1.82) is 0 Å². The highest BCUT2D eigenvalue weighted by Crippen LogP contribution is 2.37. The monoisotopic (exact) mass is 639 g/mol. The summed E-state index contributed by atoms with van der Waals surface area (Å²) in [7, 11) is -3.03. The number of aromatic nitrogens is 1. The molecular formula is C25H23F6N3O6S2. The number of rotatable bonds is 6. The number of halogens is 6. The molecule has 1 aliphatic heterocycles. The highest BCUT2D eigenvalue weighted by Gasteiger charge is 2.43. The van der Waals surface area contributed by atoms with Crippen LogP contribution in [0.1, 0.15) is 24.8 Å². The first-order chi connectivity index (χ1) is 19.6. The fourth-order valence-corrected chi connectivity index (χ4v) is 6.51. The molecule has 9 nitrogen and oxygen atoms in total. The lowest BCUT2D eigenvalue weighted by Crippen LogP contribution is -2.50. The second kappa shape index (κ2) is 13.1. The lowest BCUT2D eigenvalue weighted by atomic mass is 10.0. The minimum absolute atomic E-state index is 0.0540. The summed E-state index contributed by atoms with van der Waals surface area (Å²) in [6.07, 6.45) is -8.73. The molecule has 0 radical (unpaired) electrons. The molecule has 1 saturated heterocycles. The highest BCUT2D eigenvalue weighted by molar-refractivity contribution is 7.89. The Morgan fingerprint density at radius 3 is 2.24 bits per heavy atom. The number of hydrogen-bond acceptors (Lipinski definition) is 7. The molecule has 4 rings (SSSR count). The van der Waals surface area contributed by atoms with Crippen LogP contribution in [0.5, 0.6) is 5.75 Å². The third-order valence-corrected chi connectivity index (χ3v) is 8.62. The molecule has 0 spiro atoms. The van der Waals surface area contributed by atoms with Crippen LogP contribution in [0.15, 0.2) is 58.8 Å². The number of thiazole rings is 1. The van der Waals surface area contributed by atoms with E-state index in [4.69, 9.17) is 14.6 Å². The van der Waals surface area contributed by atoms with Gasteiger partial charge in [-0.25, -0.2) is 18.2 Å². The van der Waals surface area contributed by atoms with Gasteiger partial charge in [0, 0.05) is 17.5 Å². The van der Waals surface area contributed by atoms with Crippen molar-refractivity contribution in [2.75, 3.05) is 19.0 Å². The maximum absolute atomic E-state index is 13.5. The number of carboxylic acids is 1. The van der Waals surface area contributed by atoms with Crippen LogP contribution in [0, 0.1) is 0 Å². The van der Waals surface area contributed by atoms with Gasteiger partial charge in [-0.15, -0.1) is 11.3 Å². The average molecular weight is 640 g/mol. The SMILES string of the molecule is COc1ccc(-c2csc(NC(=O)[C@H]3CCCCN3S(=O)(=O)c3ccccc3C(F)(F)F)n2)cc1.O=C(O)C(F)(F)F. The fraction of sp³-hybridized carbons (Fsp3) is 0.320. The molecule has 2 aromatic carbocycles. The molecule has 2 N–H and O–H groups in total. The Kier molecular flexibility index (Phi) is 10.2. The van der Waals surface area contributed by atoms with E-state index in [-0.39, 0.29) is 18.1 Å². The Morgan fingerprint density at radius 2 is 1.67 bits per heavy atom. The van der Waals surface area contributed by atoms with Gasteiger partial charge in [0.2, 0.25) is 15.9 Å². The number of carboxylic acid groups (broad SMARTS) is 1. The van der Waals surface area contributed by atoms with Crippen LogP contribution in [-0.2, 0) is 25.8 Å². The van der Waals surface area contributed by atoms with Crippen LogP contribution in [0.2, 0.25) is 0 Å². The number of hydrogen-bond donors (Lipinski definition) is 2. The summed E-state index contributed by atoms with van der Waals surface area (Å²) in [5.41, 5.74) is 0.155. The molecule has 3 aromatic rings. The summed E-state index contributed by atoms with van der Waals surface area (Å²) in [4.78, 5) is 25.5. The molecule has 42 heavy (non-hydrogen) atoms. The quantitative estimate of drug-likeness (QED) is 0.334. The van der Waals surface area contributed by atoms with Crippen LogP contribution in [-0.4, -0.2) is 60.6 Å². The van der Waals surface area contributed by atoms with E-state index >= 15 is 0 Å². The van der Waals surface area contributed by atoms with Crippen molar-refractivity contribution in [1.82, 2.24) is 9.29 Å². The minimum atomic E-state index is -5.08. The van der Waals surface area contributed by atoms with Crippen LogP contribution in [0.25, 0.3) is 11.3 Å². The predicted octanol–water partition coefficient (Wildman–Crippen LogP) is 5.65. The molecule has 0 aliphatic carbocycles. The number of alkyl halides is 6. The first-order valence-corrected chi connectivity index (χ1v) is 14.3. The van der Waals surface area contributed by atoms with Gasteiger partial charge in [-0.3, -0.25) is 4.79 Å². The van der Waals surface area contributed by atoms with Gasteiger partial charge in [0.25, 0.3) is 0 Å². The lowest BCUT2D eigenvalue weighted by molar-refractivity contribution is -0.192. The number of ether oxygens (including phenoxy) is 1. The molecule has 1 fully saturated rings. The van der Waals surface area contributed by atoms with Crippen LogP contribution in [0.3, 0.4) is 0 Å². The van der Waals surface area contributed by atoms with Crippen molar-refractivity contribution in [3.63, 3.8) is 0 Å². The van der Waals surface area contributed by atoms with Gasteiger partial charge in [0.15, 0.2) is 5.13 Å². The van der Waals surface area contributed by atoms with Crippen molar-refractivity contribution in [3.05, 3.63) is 59.5 Å². The Labute approximate surface area is 239 Å². The van der Waals surface area contributed by atoms with Gasteiger partial charge in [0.1, 0.15) is 11.8 Å². The minimum Gasteiger partial charge on any atom is -0.497 e. The normalized spacial score (nSPS) is 16.2. The molecule has 1 atom stereocenters. The smallest absolute Gasteiger partial charge is 0.490 e. The van der Waals surface area contributed by atoms with Crippen molar-refractivity contribution in [2.45, 2.75) is 42.6 Å². The Balaban J connectivity index is 0.000000616. The van der Waals surface area contributed by atoms with Gasteiger partial charge < -0.3 is 15.2 Å². The average Bonchev–Trinajstić information content (AvgIpc) is 3.41. The Hall–Kier alpha value is -3.70. The summed E-state index contributed by atoms with van der Waals surface area (Å²) < 4.78 is 105. The first-order valence-electron chi connectivity index (χ1n) is 11.9. The number of amides is 1. The fourth-order valence-electron chi connectivity index (χ4n) is 3.92. The second-order valence-corrected chi connectivity index (χ2v) is 11.4. The molecule has 1 aromatic heterocycles. The van der Waals surface area contributed by atoms with Crippen LogP contribution in [0.4, 0.5) is 31.5 Å². The number of sulfonamides is 1. The maximum Gasteiger partial charge on any atom is 0.490 e. The number of benzene rings is 2. The molecule has 228 valence electrons. The van der Waals surface area contributed by atoms with E-state index in [0.29, 0.717) is 24.3 Å². The summed E-state index contributed by atoms with van der Waals surface area (Å²) in [6.45, 7) is -0.0540. The van der Waals surface area contributed by atoms with Crippen molar-refractivity contribution >= 4 is 38.4 Å². The van der Waals surface area contributed by atoms with Crippen LogP contribution >= 0.6 is 11.3 Å². The standard InChI is InChI=1S/C23H22F3N3O4S2.C2HF3O2/c1-33-16-11-9-15(10-12-16)18-14-34-22(27-18)28-21(30)19-7-4-5-13-29(19)35(31,32)20-8-3-2-6-17(20)23(24,25)26;3-2(4,5)1(6)7/h2-3,6,8-12,14,19H,4-5,7,13H2,1H3,(H,27,28,30);(H,6,7)/t19-;/m1./s1. The van der Waals surface area contributed by atoms with E-state index in [1.807, 2.05) is 12.1 Å². The van der Waals surface area contributed by atoms with Gasteiger partial charge in [0.05, 0.1) is 23.3 Å². The van der Waals surface area contributed by atoms with E-state index in [9.17, 15) is 39.6 Å². The summed E-state index contributed by atoms with van der Waals surface area (Å²) >= 11 is 1.17. The number of carbonyl (C=O) groups excluding carboxylic acids is 1. The van der Waals surface area contributed by atoms with E-state index in [1.165, 1.54) is 17.4 Å². The van der Waals surface area contributed by atoms with Crippen molar-refractivity contribution in [2.24, 2.45) is 0 Å². The molecule has 2 heterocycles. The van der Waals surface area contributed by atoms with E-state index in [2.05, 4.69) is 10.3 Å². The van der Waals surface area contributed by atoms with E-state index in [0.717, 1.165) is 28.1 Å². The lowest BCUT2D eigenvalue weighted by Gasteiger charge is -2.34. The van der Waals surface area contributed by atoms with Gasteiger partial charge in [-0.1, -0.05) is 18.6 Å². The third-order valence-electron chi connectivity index (χ3n) is 5.90. The van der Waals surface area contributed by atoms with Crippen LogP contribution < -0.4 is 10.1 Å². The number of methoxy groups -OCH3 is 1. The number of nitrogens with zero attached hydrogens (tertiary/aromatic N) is 2. The maximum atomic E-state index is 13.5. The van der Waals surface area contributed by atoms with Crippen molar-refractivity contribution < 1.29 is 54.2 Å². The van der Waals surface area contributed by atoms with Gasteiger partial charge in [-0.05, 0) is 49.2 Å². The zero-order valence-electron chi connectivity index (χ0n) is 21.6. The number of carbonyl (C=O) groups is 2. The summed E-state index contributed by atoms with van der Waals surface area (Å²) in [5.74, 6) is -2.70. The number of aliphatic carboxylic acids is 1. The molecule has 0 unspecified atom stereocenters.